The normalized spacial score (nSPS) is 16.8. The summed E-state index contributed by atoms with van der Waals surface area (Å²) in [4.78, 5) is 2.44. The minimum absolute atomic E-state index is 0.646. The number of rotatable bonds is 5. The van der Waals surface area contributed by atoms with E-state index < -0.39 is 0 Å². The Labute approximate surface area is 158 Å². The van der Waals surface area contributed by atoms with Crippen molar-refractivity contribution < 1.29 is 4.74 Å². The number of nitrogens with zero attached hydrogens (tertiary/aromatic N) is 2. The molecule has 1 aromatic heterocycles. The standard InChI is InChI=1S/C21H22ClN3O/c1-26-21-11-19(5-6-20(21)17-12-23-24-13-17)25-8-7-16(14-25)9-15-3-2-4-18(22)10-15/h2-6,10-13,16H,7-9,14H2,1H3,(H,23,24). The van der Waals surface area contributed by atoms with E-state index in [4.69, 9.17) is 16.3 Å². The Morgan fingerprint density at radius 2 is 2.19 bits per heavy atom. The van der Waals surface area contributed by atoms with Crippen LogP contribution in [0.25, 0.3) is 11.1 Å². The second kappa shape index (κ2) is 7.42. The summed E-state index contributed by atoms with van der Waals surface area (Å²) < 4.78 is 5.62. The Balaban J connectivity index is 1.48. The maximum atomic E-state index is 6.11. The van der Waals surface area contributed by atoms with E-state index in [-0.39, 0.29) is 0 Å². The van der Waals surface area contributed by atoms with Crippen LogP contribution < -0.4 is 9.64 Å². The Bertz CT molecular complexity index is 879. The van der Waals surface area contributed by atoms with Crippen molar-refractivity contribution in [1.82, 2.24) is 10.2 Å². The number of aromatic nitrogens is 2. The Hall–Kier alpha value is -2.46. The van der Waals surface area contributed by atoms with Gasteiger partial charge < -0.3 is 9.64 Å². The molecule has 1 aliphatic rings. The van der Waals surface area contributed by atoms with E-state index >= 15 is 0 Å². The molecule has 0 aliphatic carbocycles. The van der Waals surface area contributed by atoms with Crippen LogP contribution in [0.4, 0.5) is 5.69 Å². The van der Waals surface area contributed by atoms with Gasteiger partial charge in [0.15, 0.2) is 0 Å². The highest BCUT2D eigenvalue weighted by Gasteiger charge is 2.24. The number of ether oxygens (including phenoxy) is 1. The highest BCUT2D eigenvalue weighted by Crippen LogP contribution is 2.35. The number of H-pyrrole nitrogens is 1. The minimum atomic E-state index is 0.646. The Kier molecular flexibility index (Phi) is 4.85. The zero-order chi connectivity index (χ0) is 17.9. The van der Waals surface area contributed by atoms with Gasteiger partial charge in [-0.05, 0) is 48.6 Å². The molecule has 1 fully saturated rings. The Morgan fingerprint density at radius 1 is 1.27 bits per heavy atom. The Morgan fingerprint density at radius 3 is 2.96 bits per heavy atom. The van der Waals surface area contributed by atoms with Gasteiger partial charge in [0.1, 0.15) is 5.75 Å². The molecule has 5 heteroatoms. The van der Waals surface area contributed by atoms with E-state index in [1.54, 1.807) is 7.11 Å². The summed E-state index contributed by atoms with van der Waals surface area (Å²) in [6.07, 6.45) is 5.96. The topological polar surface area (TPSA) is 41.1 Å². The van der Waals surface area contributed by atoms with Gasteiger partial charge in [0.05, 0.1) is 13.3 Å². The predicted octanol–water partition coefficient (Wildman–Crippen LogP) is 4.81. The highest BCUT2D eigenvalue weighted by atomic mass is 35.5. The first-order valence-electron chi connectivity index (χ1n) is 8.89. The van der Waals surface area contributed by atoms with E-state index in [9.17, 15) is 0 Å². The van der Waals surface area contributed by atoms with Crippen LogP contribution in [0.5, 0.6) is 5.75 Å². The van der Waals surface area contributed by atoms with E-state index in [0.29, 0.717) is 5.92 Å². The molecule has 2 heterocycles. The number of anilines is 1. The molecule has 134 valence electrons. The smallest absolute Gasteiger partial charge is 0.128 e. The average molecular weight is 368 g/mol. The second-order valence-electron chi connectivity index (χ2n) is 6.81. The molecule has 3 aromatic rings. The molecule has 0 radical (unpaired) electrons. The van der Waals surface area contributed by atoms with Gasteiger partial charge >= 0.3 is 0 Å². The summed E-state index contributed by atoms with van der Waals surface area (Å²) in [6, 6.07) is 14.6. The molecule has 0 spiro atoms. The number of benzene rings is 2. The fraction of sp³-hybridized carbons (Fsp3) is 0.286. The summed E-state index contributed by atoms with van der Waals surface area (Å²) in [6.45, 7) is 2.13. The third kappa shape index (κ3) is 3.56. The van der Waals surface area contributed by atoms with Gasteiger partial charge in [-0.3, -0.25) is 5.10 Å². The van der Waals surface area contributed by atoms with Gasteiger partial charge in [0, 0.05) is 47.2 Å². The largest absolute Gasteiger partial charge is 0.496 e. The van der Waals surface area contributed by atoms with Crippen molar-refractivity contribution in [1.29, 1.82) is 0 Å². The summed E-state index contributed by atoms with van der Waals surface area (Å²) in [5, 5.41) is 7.70. The zero-order valence-electron chi connectivity index (χ0n) is 14.8. The second-order valence-corrected chi connectivity index (χ2v) is 7.24. The van der Waals surface area contributed by atoms with Crippen LogP contribution in [0.2, 0.25) is 5.02 Å². The molecule has 1 aliphatic heterocycles. The highest BCUT2D eigenvalue weighted by molar-refractivity contribution is 6.30. The van der Waals surface area contributed by atoms with Crippen LogP contribution in [-0.4, -0.2) is 30.4 Å². The third-order valence-electron chi connectivity index (χ3n) is 5.06. The lowest BCUT2D eigenvalue weighted by Crippen LogP contribution is -2.20. The lowest BCUT2D eigenvalue weighted by atomic mass is 9.99. The number of hydrogen-bond acceptors (Lipinski definition) is 3. The molecule has 0 saturated carbocycles. The maximum Gasteiger partial charge on any atom is 0.128 e. The molecule has 1 saturated heterocycles. The number of halogens is 1. The van der Waals surface area contributed by atoms with Gasteiger partial charge in [0.2, 0.25) is 0 Å². The van der Waals surface area contributed by atoms with Crippen LogP contribution in [0.1, 0.15) is 12.0 Å². The maximum absolute atomic E-state index is 6.11. The number of nitrogens with one attached hydrogen (secondary N) is 1. The lowest BCUT2D eigenvalue weighted by molar-refractivity contribution is 0.416. The zero-order valence-corrected chi connectivity index (χ0v) is 15.5. The number of hydrogen-bond donors (Lipinski definition) is 1. The van der Waals surface area contributed by atoms with Crippen molar-refractivity contribution in [2.75, 3.05) is 25.1 Å². The van der Waals surface area contributed by atoms with Crippen molar-refractivity contribution in [3.05, 3.63) is 65.4 Å². The molecule has 1 atom stereocenters. The summed E-state index contributed by atoms with van der Waals surface area (Å²) in [7, 11) is 1.72. The number of aromatic amines is 1. The van der Waals surface area contributed by atoms with E-state index in [1.807, 2.05) is 24.5 Å². The van der Waals surface area contributed by atoms with E-state index in [1.165, 1.54) is 17.7 Å². The van der Waals surface area contributed by atoms with Crippen LogP contribution in [0.3, 0.4) is 0 Å². The van der Waals surface area contributed by atoms with Gasteiger partial charge in [-0.2, -0.15) is 5.10 Å². The molecule has 0 amide bonds. The van der Waals surface area contributed by atoms with Crippen molar-refractivity contribution >= 4 is 17.3 Å². The third-order valence-corrected chi connectivity index (χ3v) is 5.29. The molecular formula is C21H22ClN3O. The van der Waals surface area contributed by atoms with Gasteiger partial charge in [0.25, 0.3) is 0 Å². The molecular weight excluding hydrogens is 346 g/mol. The van der Waals surface area contributed by atoms with Crippen molar-refractivity contribution in [3.8, 4) is 16.9 Å². The van der Waals surface area contributed by atoms with Crippen LogP contribution in [-0.2, 0) is 6.42 Å². The van der Waals surface area contributed by atoms with E-state index in [0.717, 1.165) is 41.4 Å². The molecule has 0 bridgehead atoms. The van der Waals surface area contributed by atoms with E-state index in [2.05, 4.69) is 45.4 Å². The van der Waals surface area contributed by atoms with Crippen molar-refractivity contribution in [3.63, 3.8) is 0 Å². The fourth-order valence-corrected chi connectivity index (χ4v) is 3.96. The molecule has 4 nitrogen and oxygen atoms in total. The average Bonchev–Trinajstić information content (AvgIpc) is 3.33. The van der Waals surface area contributed by atoms with Crippen molar-refractivity contribution in [2.45, 2.75) is 12.8 Å². The first-order valence-corrected chi connectivity index (χ1v) is 9.27. The van der Waals surface area contributed by atoms with Crippen LogP contribution in [0, 0.1) is 5.92 Å². The molecule has 4 rings (SSSR count). The van der Waals surface area contributed by atoms with Crippen LogP contribution >= 0.6 is 11.6 Å². The molecule has 26 heavy (non-hydrogen) atoms. The molecule has 1 unspecified atom stereocenters. The lowest BCUT2D eigenvalue weighted by Gasteiger charge is -2.20. The van der Waals surface area contributed by atoms with Crippen LogP contribution in [0.15, 0.2) is 54.9 Å². The monoisotopic (exact) mass is 367 g/mol. The quantitative estimate of drug-likeness (QED) is 0.703. The summed E-state index contributed by atoms with van der Waals surface area (Å²) >= 11 is 6.11. The summed E-state index contributed by atoms with van der Waals surface area (Å²) in [5.41, 5.74) is 4.62. The molecule has 1 N–H and O–H groups in total. The minimum Gasteiger partial charge on any atom is -0.496 e. The first kappa shape index (κ1) is 17.0. The number of methoxy groups -OCH3 is 1. The SMILES string of the molecule is COc1cc(N2CCC(Cc3cccc(Cl)c3)C2)ccc1-c1cn[nH]c1. The van der Waals surface area contributed by atoms with Gasteiger partial charge in [-0.25, -0.2) is 0 Å². The predicted molar refractivity (Wildman–Crippen MR) is 106 cm³/mol. The molecule has 2 aromatic carbocycles. The summed E-state index contributed by atoms with van der Waals surface area (Å²) in [5.74, 6) is 1.52. The van der Waals surface area contributed by atoms with Crippen molar-refractivity contribution in [2.24, 2.45) is 5.92 Å². The van der Waals surface area contributed by atoms with Gasteiger partial charge in [-0.1, -0.05) is 23.7 Å². The van der Waals surface area contributed by atoms with Gasteiger partial charge in [-0.15, -0.1) is 0 Å². The first-order chi connectivity index (χ1) is 12.7. The fourth-order valence-electron chi connectivity index (χ4n) is 3.74.